The first kappa shape index (κ1) is 18.3. The van der Waals surface area contributed by atoms with Crippen molar-refractivity contribution in [1.29, 1.82) is 0 Å². The van der Waals surface area contributed by atoms with Crippen LogP contribution in [0.3, 0.4) is 0 Å². The zero-order valence-corrected chi connectivity index (χ0v) is 16.1. The molecule has 0 saturated carbocycles. The Balaban J connectivity index is 1.72. The van der Waals surface area contributed by atoms with Crippen LogP contribution < -0.4 is 11.1 Å². The lowest BCUT2D eigenvalue weighted by Crippen LogP contribution is -2.13. The Morgan fingerprint density at radius 2 is 1.61 bits per heavy atom. The molecule has 0 radical (unpaired) electrons. The molecule has 6 heteroatoms. The SMILES string of the molecule is Nc1cccc(-c2cnc3c(NC(=O)c4c(Cl)cccc4Cl)cccc3c2)c1. The van der Waals surface area contributed by atoms with Crippen molar-refractivity contribution in [3.05, 3.63) is 88.5 Å². The molecule has 0 atom stereocenters. The topological polar surface area (TPSA) is 68.0 Å². The third-order valence-electron chi connectivity index (χ3n) is 4.37. The second kappa shape index (κ2) is 7.50. The zero-order chi connectivity index (χ0) is 19.7. The minimum absolute atomic E-state index is 0.235. The van der Waals surface area contributed by atoms with Gasteiger partial charge in [0.1, 0.15) is 0 Å². The molecular formula is C22H15Cl2N3O. The second-order valence-corrected chi connectivity index (χ2v) is 7.09. The number of nitrogens with one attached hydrogen (secondary N) is 1. The van der Waals surface area contributed by atoms with Crippen LogP contribution in [0.4, 0.5) is 11.4 Å². The molecule has 4 rings (SSSR count). The second-order valence-electron chi connectivity index (χ2n) is 6.28. The van der Waals surface area contributed by atoms with Crippen LogP contribution in [0.25, 0.3) is 22.0 Å². The van der Waals surface area contributed by atoms with Crippen molar-refractivity contribution < 1.29 is 4.79 Å². The Morgan fingerprint density at radius 1 is 0.893 bits per heavy atom. The van der Waals surface area contributed by atoms with Crippen LogP contribution in [0.5, 0.6) is 0 Å². The summed E-state index contributed by atoms with van der Waals surface area (Å²) < 4.78 is 0. The summed E-state index contributed by atoms with van der Waals surface area (Å²) in [5.41, 5.74) is 9.98. The minimum atomic E-state index is -0.384. The van der Waals surface area contributed by atoms with Crippen LogP contribution >= 0.6 is 23.2 Å². The third kappa shape index (κ3) is 3.52. The van der Waals surface area contributed by atoms with Gasteiger partial charge in [-0.2, -0.15) is 0 Å². The number of hydrogen-bond acceptors (Lipinski definition) is 3. The van der Waals surface area contributed by atoms with E-state index in [0.717, 1.165) is 16.5 Å². The van der Waals surface area contributed by atoms with Crippen molar-refractivity contribution in [1.82, 2.24) is 4.98 Å². The highest BCUT2D eigenvalue weighted by Crippen LogP contribution is 2.29. The lowest BCUT2D eigenvalue weighted by molar-refractivity contribution is 0.102. The fraction of sp³-hybridized carbons (Fsp3) is 0. The Kier molecular flexibility index (Phi) is 4.90. The van der Waals surface area contributed by atoms with E-state index >= 15 is 0 Å². The summed E-state index contributed by atoms with van der Waals surface area (Å²) in [6, 6.07) is 20.2. The molecule has 28 heavy (non-hydrogen) atoms. The first-order chi connectivity index (χ1) is 13.5. The number of nitrogen functional groups attached to an aromatic ring is 1. The van der Waals surface area contributed by atoms with E-state index in [-0.39, 0.29) is 11.5 Å². The predicted molar refractivity (Wildman–Crippen MR) is 116 cm³/mol. The van der Waals surface area contributed by atoms with Crippen molar-refractivity contribution in [2.75, 3.05) is 11.1 Å². The molecular weight excluding hydrogens is 393 g/mol. The summed E-state index contributed by atoms with van der Waals surface area (Å²) in [5.74, 6) is -0.384. The standard InChI is InChI=1S/C22H15Cl2N3O/c23-17-7-3-8-18(24)20(17)22(28)27-19-9-2-5-14-10-15(12-26-21(14)19)13-4-1-6-16(25)11-13/h1-12H,25H2,(H,27,28). The molecule has 1 heterocycles. The van der Waals surface area contributed by atoms with Gasteiger partial charge in [0.05, 0.1) is 26.8 Å². The summed E-state index contributed by atoms with van der Waals surface area (Å²) in [6.07, 6.45) is 1.76. The summed E-state index contributed by atoms with van der Waals surface area (Å²) in [4.78, 5) is 17.3. The Morgan fingerprint density at radius 3 is 2.36 bits per heavy atom. The van der Waals surface area contributed by atoms with E-state index in [0.29, 0.717) is 26.9 Å². The molecule has 3 aromatic carbocycles. The zero-order valence-electron chi connectivity index (χ0n) is 14.6. The fourth-order valence-corrected chi connectivity index (χ4v) is 3.61. The van der Waals surface area contributed by atoms with E-state index in [2.05, 4.69) is 10.3 Å². The molecule has 0 spiro atoms. The van der Waals surface area contributed by atoms with Crippen LogP contribution in [-0.4, -0.2) is 10.9 Å². The van der Waals surface area contributed by atoms with Gasteiger partial charge in [0.25, 0.3) is 5.91 Å². The van der Waals surface area contributed by atoms with Gasteiger partial charge >= 0.3 is 0 Å². The fourth-order valence-electron chi connectivity index (χ4n) is 3.04. The third-order valence-corrected chi connectivity index (χ3v) is 5.00. The Hall–Kier alpha value is -3.08. The van der Waals surface area contributed by atoms with Crippen LogP contribution in [0.1, 0.15) is 10.4 Å². The summed E-state index contributed by atoms with van der Waals surface area (Å²) >= 11 is 12.3. The van der Waals surface area contributed by atoms with Gasteiger partial charge in [-0.05, 0) is 42.0 Å². The molecule has 1 amide bonds. The number of amides is 1. The largest absolute Gasteiger partial charge is 0.399 e. The summed E-state index contributed by atoms with van der Waals surface area (Å²) in [7, 11) is 0. The van der Waals surface area contributed by atoms with E-state index in [1.165, 1.54) is 0 Å². The minimum Gasteiger partial charge on any atom is -0.399 e. The van der Waals surface area contributed by atoms with E-state index in [1.807, 2.05) is 42.5 Å². The van der Waals surface area contributed by atoms with E-state index < -0.39 is 0 Å². The number of anilines is 2. The van der Waals surface area contributed by atoms with Gasteiger partial charge in [0.2, 0.25) is 0 Å². The first-order valence-corrected chi connectivity index (χ1v) is 9.28. The van der Waals surface area contributed by atoms with Crippen molar-refractivity contribution in [2.24, 2.45) is 0 Å². The van der Waals surface area contributed by atoms with E-state index in [9.17, 15) is 4.79 Å². The number of carbonyl (C=O) groups is 1. The lowest BCUT2D eigenvalue weighted by Gasteiger charge is -2.11. The average Bonchev–Trinajstić information content (AvgIpc) is 2.68. The lowest BCUT2D eigenvalue weighted by atomic mass is 10.0. The van der Waals surface area contributed by atoms with Crippen LogP contribution in [-0.2, 0) is 0 Å². The normalized spacial score (nSPS) is 10.8. The number of hydrogen-bond donors (Lipinski definition) is 2. The number of halogens is 2. The monoisotopic (exact) mass is 407 g/mol. The Labute approximate surface area is 171 Å². The van der Waals surface area contributed by atoms with Crippen LogP contribution in [0.15, 0.2) is 72.9 Å². The smallest absolute Gasteiger partial charge is 0.258 e. The van der Waals surface area contributed by atoms with Crippen LogP contribution in [0, 0.1) is 0 Å². The number of rotatable bonds is 3. The number of pyridine rings is 1. The van der Waals surface area contributed by atoms with Gasteiger partial charge in [-0.15, -0.1) is 0 Å². The first-order valence-electron chi connectivity index (χ1n) is 8.53. The molecule has 3 N–H and O–H groups in total. The molecule has 1 aromatic heterocycles. The highest BCUT2D eigenvalue weighted by molar-refractivity contribution is 6.40. The average molecular weight is 408 g/mol. The van der Waals surface area contributed by atoms with E-state index in [4.69, 9.17) is 28.9 Å². The summed E-state index contributed by atoms with van der Waals surface area (Å²) in [5, 5.41) is 4.34. The number of benzene rings is 3. The molecule has 138 valence electrons. The summed E-state index contributed by atoms with van der Waals surface area (Å²) in [6.45, 7) is 0. The van der Waals surface area contributed by atoms with Gasteiger partial charge in [-0.3, -0.25) is 9.78 Å². The molecule has 0 fully saturated rings. The molecule has 0 aliphatic heterocycles. The number of aromatic nitrogens is 1. The van der Waals surface area contributed by atoms with Gasteiger partial charge in [-0.1, -0.05) is 53.5 Å². The van der Waals surface area contributed by atoms with Gasteiger partial charge < -0.3 is 11.1 Å². The number of para-hydroxylation sites is 1. The van der Waals surface area contributed by atoms with Gasteiger partial charge in [0, 0.05) is 22.8 Å². The van der Waals surface area contributed by atoms with E-state index in [1.54, 1.807) is 30.5 Å². The van der Waals surface area contributed by atoms with Crippen molar-refractivity contribution in [3.63, 3.8) is 0 Å². The van der Waals surface area contributed by atoms with Gasteiger partial charge in [-0.25, -0.2) is 0 Å². The van der Waals surface area contributed by atoms with Crippen molar-refractivity contribution in [3.8, 4) is 11.1 Å². The highest BCUT2D eigenvalue weighted by atomic mass is 35.5. The molecule has 0 aliphatic carbocycles. The highest BCUT2D eigenvalue weighted by Gasteiger charge is 2.16. The maximum atomic E-state index is 12.7. The molecule has 0 bridgehead atoms. The number of nitrogens with two attached hydrogens (primary N) is 1. The molecule has 4 aromatic rings. The number of nitrogens with zero attached hydrogens (tertiary/aromatic N) is 1. The maximum absolute atomic E-state index is 12.7. The molecule has 4 nitrogen and oxygen atoms in total. The molecule has 0 unspecified atom stereocenters. The van der Waals surface area contributed by atoms with Crippen molar-refractivity contribution in [2.45, 2.75) is 0 Å². The maximum Gasteiger partial charge on any atom is 0.258 e. The van der Waals surface area contributed by atoms with Crippen molar-refractivity contribution >= 4 is 51.4 Å². The predicted octanol–water partition coefficient (Wildman–Crippen LogP) is 6.04. The van der Waals surface area contributed by atoms with Gasteiger partial charge in [0.15, 0.2) is 0 Å². The number of fused-ring (bicyclic) bond motifs is 1. The van der Waals surface area contributed by atoms with Crippen LogP contribution in [0.2, 0.25) is 10.0 Å². The quantitative estimate of drug-likeness (QED) is 0.406. The molecule has 0 aliphatic rings. The number of carbonyl (C=O) groups excluding carboxylic acids is 1. The molecule has 0 saturated heterocycles. The Bertz CT molecular complexity index is 1190.